The summed E-state index contributed by atoms with van der Waals surface area (Å²) in [6.45, 7) is 0.608. The smallest absolute Gasteiger partial charge is 0.163 e. The van der Waals surface area contributed by atoms with Gasteiger partial charge in [0.25, 0.3) is 0 Å². The molecule has 2 heteroatoms. The maximum absolute atomic E-state index is 11.6. The molecule has 1 aromatic carbocycles. The number of rotatable bonds is 2. The van der Waals surface area contributed by atoms with E-state index in [0.29, 0.717) is 13.0 Å². The highest BCUT2D eigenvalue weighted by molar-refractivity contribution is 5.98. The Bertz CT molecular complexity index is 355. The van der Waals surface area contributed by atoms with Crippen molar-refractivity contribution >= 4 is 5.78 Å². The molecular weight excluding hydrogens is 176 g/mol. The number of Topliss-reactive ketones (excluding diaryl/α,β-unsaturated/α-hetero) is 1. The average Bonchev–Trinajstić information content (AvgIpc) is 2.20. The first-order valence-electron chi connectivity index (χ1n) is 4.96. The van der Waals surface area contributed by atoms with Crippen molar-refractivity contribution in [2.24, 2.45) is 0 Å². The van der Waals surface area contributed by atoms with Gasteiger partial charge >= 0.3 is 0 Å². The zero-order valence-electron chi connectivity index (χ0n) is 8.38. The van der Waals surface area contributed by atoms with Crippen molar-refractivity contribution in [1.29, 1.82) is 0 Å². The topological polar surface area (TPSA) is 26.3 Å². The van der Waals surface area contributed by atoms with E-state index in [0.717, 1.165) is 24.0 Å². The predicted octanol–water partition coefficient (Wildman–Crippen LogP) is 2.35. The Hall–Kier alpha value is -1.15. The van der Waals surface area contributed by atoms with Gasteiger partial charge in [0.05, 0.1) is 6.61 Å². The van der Waals surface area contributed by atoms with Gasteiger partial charge in [0, 0.05) is 19.1 Å². The fourth-order valence-corrected chi connectivity index (χ4v) is 2.04. The molecule has 0 atom stereocenters. The average molecular weight is 190 g/mol. The number of fused-ring (bicyclic) bond motifs is 1. The van der Waals surface area contributed by atoms with Crippen molar-refractivity contribution in [1.82, 2.24) is 0 Å². The van der Waals surface area contributed by atoms with Crippen LogP contribution in [0, 0.1) is 0 Å². The van der Waals surface area contributed by atoms with Gasteiger partial charge < -0.3 is 4.74 Å². The van der Waals surface area contributed by atoms with Gasteiger partial charge in [-0.05, 0) is 24.0 Å². The first kappa shape index (κ1) is 9.41. The lowest BCUT2D eigenvalue weighted by molar-refractivity contribution is 0.0971. The standard InChI is InChI=1S/C12H14O2/c1-14-8-9-4-2-6-11-10(9)5-3-7-12(11)13/h2,4,6H,3,5,7-8H2,1H3. The van der Waals surface area contributed by atoms with Crippen molar-refractivity contribution in [3.8, 4) is 0 Å². The molecule has 1 aliphatic rings. The van der Waals surface area contributed by atoms with E-state index >= 15 is 0 Å². The highest BCUT2D eigenvalue weighted by Crippen LogP contribution is 2.24. The maximum Gasteiger partial charge on any atom is 0.163 e. The Morgan fingerprint density at radius 1 is 1.36 bits per heavy atom. The van der Waals surface area contributed by atoms with Crippen LogP contribution in [-0.2, 0) is 17.8 Å². The van der Waals surface area contributed by atoms with E-state index in [2.05, 4.69) is 0 Å². The zero-order valence-corrected chi connectivity index (χ0v) is 8.38. The summed E-state index contributed by atoms with van der Waals surface area (Å²) in [5, 5.41) is 0. The number of hydrogen-bond acceptors (Lipinski definition) is 2. The zero-order chi connectivity index (χ0) is 9.97. The van der Waals surface area contributed by atoms with Gasteiger partial charge in [-0.1, -0.05) is 18.2 Å². The van der Waals surface area contributed by atoms with Gasteiger partial charge in [-0.15, -0.1) is 0 Å². The lowest BCUT2D eigenvalue weighted by atomic mass is 9.87. The van der Waals surface area contributed by atoms with Gasteiger partial charge in [0.2, 0.25) is 0 Å². The molecule has 0 aromatic heterocycles. The second-order valence-corrected chi connectivity index (χ2v) is 3.65. The van der Waals surface area contributed by atoms with Crippen LogP contribution in [0.2, 0.25) is 0 Å². The lowest BCUT2D eigenvalue weighted by Gasteiger charge is -2.17. The third-order valence-corrected chi connectivity index (χ3v) is 2.70. The van der Waals surface area contributed by atoms with Gasteiger partial charge in [-0.3, -0.25) is 4.79 Å². The highest BCUT2D eigenvalue weighted by Gasteiger charge is 2.18. The van der Waals surface area contributed by atoms with Crippen molar-refractivity contribution in [2.75, 3.05) is 7.11 Å². The normalized spacial score (nSPS) is 15.4. The molecule has 0 amide bonds. The van der Waals surface area contributed by atoms with Crippen LogP contribution in [-0.4, -0.2) is 12.9 Å². The van der Waals surface area contributed by atoms with E-state index < -0.39 is 0 Å². The quantitative estimate of drug-likeness (QED) is 0.715. The third-order valence-electron chi connectivity index (χ3n) is 2.70. The van der Waals surface area contributed by atoms with Gasteiger partial charge in [-0.25, -0.2) is 0 Å². The minimum Gasteiger partial charge on any atom is -0.380 e. The largest absolute Gasteiger partial charge is 0.380 e. The van der Waals surface area contributed by atoms with Crippen molar-refractivity contribution in [2.45, 2.75) is 25.9 Å². The number of hydrogen-bond donors (Lipinski definition) is 0. The Balaban J connectivity index is 2.44. The van der Waals surface area contributed by atoms with Crippen LogP contribution in [0.25, 0.3) is 0 Å². The number of methoxy groups -OCH3 is 1. The first-order chi connectivity index (χ1) is 6.83. The number of carbonyl (C=O) groups excluding carboxylic acids is 1. The molecule has 2 nitrogen and oxygen atoms in total. The number of benzene rings is 1. The fraction of sp³-hybridized carbons (Fsp3) is 0.417. The Morgan fingerprint density at radius 3 is 3.00 bits per heavy atom. The van der Waals surface area contributed by atoms with Crippen LogP contribution in [0.4, 0.5) is 0 Å². The van der Waals surface area contributed by atoms with Crippen LogP contribution in [0.3, 0.4) is 0 Å². The van der Waals surface area contributed by atoms with Gasteiger partial charge in [-0.2, -0.15) is 0 Å². The summed E-state index contributed by atoms with van der Waals surface area (Å²) in [6, 6.07) is 5.91. The Morgan fingerprint density at radius 2 is 2.21 bits per heavy atom. The van der Waals surface area contributed by atoms with Crippen LogP contribution in [0.15, 0.2) is 18.2 Å². The molecule has 0 saturated heterocycles. The molecule has 0 N–H and O–H groups in total. The Labute approximate surface area is 83.9 Å². The summed E-state index contributed by atoms with van der Waals surface area (Å²) in [5.41, 5.74) is 3.27. The summed E-state index contributed by atoms with van der Waals surface area (Å²) in [7, 11) is 1.68. The first-order valence-corrected chi connectivity index (χ1v) is 4.96. The van der Waals surface area contributed by atoms with Crippen molar-refractivity contribution in [3.63, 3.8) is 0 Å². The summed E-state index contributed by atoms with van der Waals surface area (Å²) < 4.78 is 5.12. The van der Waals surface area contributed by atoms with Crippen LogP contribution < -0.4 is 0 Å². The fourth-order valence-electron chi connectivity index (χ4n) is 2.04. The summed E-state index contributed by atoms with van der Waals surface area (Å²) in [4.78, 5) is 11.6. The maximum atomic E-state index is 11.6. The minimum atomic E-state index is 0.282. The van der Waals surface area contributed by atoms with Crippen LogP contribution >= 0.6 is 0 Å². The Kier molecular flexibility index (Phi) is 2.64. The van der Waals surface area contributed by atoms with Crippen molar-refractivity contribution in [3.05, 3.63) is 34.9 Å². The summed E-state index contributed by atoms with van der Waals surface area (Å²) >= 11 is 0. The number of ether oxygens (including phenoxy) is 1. The van der Waals surface area contributed by atoms with Crippen LogP contribution in [0.1, 0.15) is 34.3 Å². The summed E-state index contributed by atoms with van der Waals surface area (Å²) in [5.74, 6) is 0.282. The SMILES string of the molecule is COCc1cccc2c1CCCC2=O. The lowest BCUT2D eigenvalue weighted by Crippen LogP contribution is -2.13. The molecule has 2 rings (SSSR count). The van der Waals surface area contributed by atoms with Crippen LogP contribution in [0.5, 0.6) is 0 Å². The highest BCUT2D eigenvalue weighted by atomic mass is 16.5. The molecular formula is C12H14O2. The molecule has 14 heavy (non-hydrogen) atoms. The molecule has 74 valence electrons. The minimum absolute atomic E-state index is 0.282. The molecule has 0 saturated carbocycles. The van der Waals surface area contributed by atoms with Gasteiger partial charge in [0.15, 0.2) is 5.78 Å². The van der Waals surface area contributed by atoms with E-state index in [-0.39, 0.29) is 5.78 Å². The second kappa shape index (κ2) is 3.93. The molecule has 0 unspecified atom stereocenters. The monoisotopic (exact) mass is 190 g/mol. The molecule has 1 aliphatic carbocycles. The molecule has 1 aromatic rings. The predicted molar refractivity (Wildman–Crippen MR) is 54.4 cm³/mol. The molecule has 0 aliphatic heterocycles. The summed E-state index contributed by atoms with van der Waals surface area (Å²) in [6.07, 6.45) is 2.69. The van der Waals surface area contributed by atoms with E-state index in [4.69, 9.17) is 4.74 Å². The molecule has 0 radical (unpaired) electrons. The van der Waals surface area contributed by atoms with E-state index in [9.17, 15) is 4.79 Å². The second-order valence-electron chi connectivity index (χ2n) is 3.65. The van der Waals surface area contributed by atoms with Crippen molar-refractivity contribution < 1.29 is 9.53 Å². The molecule has 0 spiro atoms. The molecule has 0 fully saturated rings. The van der Waals surface area contributed by atoms with E-state index in [1.807, 2.05) is 18.2 Å². The third kappa shape index (κ3) is 1.58. The number of ketones is 1. The molecule has 0 heterocycles. The molecule has 0 bridgehead atoms. The number of carbonyl (C=O) groups is 1. The van der Waals surface area contributed by atoms with E-state index in [1.165, 1.54) is 5.56 Å². The van der Waals surface area contributed by atoms with E-state index in [1.54, 1.807) is 7.11 Å². The van der Waals surface area contributed by atoms with Gasteiger partial charge in [0.1, 0.15) is 0 Å².